The molecule has 3 saturated carbocycles. The standard InChI is InChI=1S/C21H28ClN5O5S.C16H22ClN5O5S/c1-3-9-33-20-23-18(22)15-19(24-20)27(26-25-15)12-10-13(30-11-14(28)29-4-2)17-16(12)31-21(32-17)7-5-6-8-21;1-3-5-28-16-18-14(17)11-15(19-16)22(21-20-11)8-6-9(13(25)12(8)24)27-7-10(23)26-4-2/h12-13,16-17H,3-11H2,1-2H3;8-9,12-13,24-25H,3-7H2,1-2H3/t12-,13+,16+,17-;8-,9+,12+,13-/m11/s1. The number of hydrogen-bond acceptors (Lipinski definition) is 20. The fourth-order valence-corrected chi connectivity index (χ4v) is 9.84. The minimum atomic E-state index is -1.19. The molecule has 0 radical (unpaired) electrons. The Morgan fingerprint density at radius 2 is 1.21 bits per heavy atom. The van der Waals surface area contributed by atoms with Crippen molar-refractivity contribution in [2.75, 3.05) is 37.9 Å². The summed E-state index contributed by atoms with van der Waals surface area (Å²) in [6.07, 6.45) is 2.48. The van der Waals surface area contributed by atoms with Crippen LogP contribution in [0, 0.1) is 0 Å². The van der Waals surface area contributed by atoms with Gasteiger partial charge in [-0.15, -0.1) is 10.2 Å². The Balaban J connectivity index is 0.000000187. The number of thioether (sulfide) groups is 2. The van der Waals surface area contributed by atoms with E-state index in [1.54, 1.807) is 30.3 Å². The molecule has 20 nitrogen and oxygen atoms in total. The molecule has 5 heterocycles. The molecule has 0 unspecified atom stereocenters. The smallest absolute Gasteiger partial charge is 0.332 e. The Labute approximate surface area is 369 Å². The molecule has 1 saturated heterocycles. The maximum Gasteiger partial charge on any atom is 0.332 e. The molecule has 8 rings (SSSR count). The Morgan fingerprint density at radius 3 is 1.74 bits per heavy atom. The molecule has 0 aromatic carbocycles. The molecule has 4 fully saturated rings. The number of ether oxygens (including phenoxy) is 6. The number of esters is 2. The summed E-state index contributed by atoms with van der Waals surface area (Å²) in [6.45, 7) is 7.73. The van der Waals surface area contributed by atoms with Gasteiger partial charge >= 0.3 is 11.9 Å². The van der Waals surface area contributed by atoms with Crippen LogP contribution in [0.1, 0.15) is 91.1 Å². The van der Waals surface area contributed by atoms with Crippen LogP contribution in [0.3, 0.4) is 0 Å². The van der Waals surface area contributed by atoms with E-state index in [-0.39, 0.29) is 60.9 Å². The van der Waals surface area contributed by atoms with Crippen molar-refractivity contribution in [3.8, 4) is 0 Å². The van der Waals surface area contributed by atoms with Gasteiger partial charge in [-0.2, -0.15) is 0 Å². The van der Waals surface area contributed by atoms with Gasteiger partial charge in [0.25, 0.3) is 0 Å². The highest BCUT2D eigenvalue weighted by Gasteiger charge is 2.59. The molecule has 0 bridgehead atoms. The zero-order valence-corrected chi connectivity index (χ0v) is 37.4. The third-order valence-electron chi connectivity index (χ3n) is 10.7. The fourth-order valence-electron chi connectivity index (χ4n) is 7.95. The van der Waals surface area contributed by atoms with Crippen LogP contribution in [0.5, 0.6) is 0 Å². The monoisotopic (exact) mass is 928 g/mol. The van der Waals surface area contributed by atoms with E-state index in [0.717, 1.165) is 50.0 Å². The molecule has 8 atom stereocenters. The first-order chi connectivity index (χ1) is 29.5. The molecule has 2 N–H and O–H groups in total. The van der Waals surface area contributed by atoms with Crippen molar-refractivity contribution >= 4 is 81.0 Å². The van der Waals surface area contributed by atoms with Crippen molar-refractivity contribution in [2.45, 2.75) is 144 Å². The maximum atomic E-state index is 11.9. The lowest BCUT2D eigenvalue weighted by atomic mass is 10.2. The van der Waals surface area contributed by atoms with Gasteiger partial charge in [-0.3, -0.25) is 0 Å². The number of aromatic nitrogens is 10. The number of hydrogen-bond donors (Lipinski definition) is 2. The van der Waals surface area contributed by atoms with Crippen LogP contribution >= 0.6 is 46.7 Å². The van der Waals surface area contributed by atoms with Crippen molar-refractivity contribution in [2.24, 2.45) is 0 Å². The number of rotatable bonds is 16. The van der Waals surface area contributed by atoms with E-state index in [2.05, 4.69) is 42.5 Å². The van der Waals surface area contributed by atoms with E-state index in [4.69, 9.17) is 56.6 Å². The normalized spacial score (nSPS) is 26.6. The predicted molar refractivity (Wildman–Crippen MR) is 221 cm³/mol. The van der Waals surface area contributed by atoms with E-state index < -0.39 is 42.1 Å². The van der Waals surface area contributed by atoms with Crippen molar-refractivity contribution in [1.29, 1.82) is 0 Å². The first kappa shape index (κ1) is 45.9. The largest absolute Gasteiger partial charge is 0.464 e. The van der Waals surface area contributed by atoms with Gasteiger partial charge in [0.1, 0.15) is 37.6 Å². The van der Waals surface area contributed by atoms with Crippen molar-refractivity contribution in [3.05, 3.63) is 10.3 Å². The lowest BCUT2D eigenvalue weighted by Gasteiger charge is -2.26. The summed E-state index contributed by atoms with van der Waals surface area (Å²) in [5.74, 6) is 0.204. The summed E-state index contributed by atoms with van der Waals surface area (Å²) in [7, 11) is 0. The summed E-state index contributed by atoms with van der Waals surface area (Å²) < 4.78 is 37.4. The topological polar surface area (TPSA) is 243 Å². The molecule has 24 heteroatoms. The SMILES string of the molecule is CCCSc1nc(Cl)c2nnn([C@@H]3C[C@H](OCC(=O)OCC)[C@@H](O)[C@H]3O)c2n1.CCCSc1nc(Cl)c2nnn([C@@H]3C[C@H](OCC(=O)OCC)[C@H]4OC5(CCCC5)O[C@H]43)c2n1. The van der Waals surface area contributed by atoms with Crippen molar-refractivity contribution in [1.82, 2.24) is 49.9 Å². The van der Waals surface area contributed by atoms with Gasteiger partial charge in [0.05, 0.1) is 37.5 Å². The van der Waals surface area contributed by atoms with Crippen LogP contribution in [-0.2, 0) is 38.0 Å². The molecule has 4 aromatic heterocycles. The second-order valence-corrected chi connectivity index (χ2v) is 17.7. The number of aliphatic hydroxyl groups excluding tert-OH is 2. The van der Waals surface area contributed by atoms with Gasteiger partial charge in [0.2, 0.25) is 0 Å². The van der Waals surface area contributed by atoms with E-state index in [9.17, 15) is 19.8 Å². The molecule has 1 aliphatic heterocycles. The number of carbonyl (C=O) groups is 2. The number of halogens is 2. The average Bonchev–Trinajstić information content (AvgIpc) is 4.11. The van der Waals surface area contributed by atoms with Crippen molar-refractivity contribution < 1.29 is 48.2 Å². The summed E-state index contributed by atoms with van der Waals surface area (Å²) in [5.41, 5.74) is 1.72. The highest BCUT2D eigenvalue weighted by Crippen LogP contribution is 2.51. The van der Waals surface area contributed by atoms with E-state index in [1.165, 1.54) is 16.4 Å². The van der Waals surface area contributed by atoms with Crippen LogP contribution in [0.2, 0.25) is 10.3 Å². The van der Waals surface area contributed by atoms with Gasteiger partial charge in [-0.05, 0) is 39.5 Å². The number of fused-ring (bicyclic) bond motifs is 3. The Bertz CT molecular complexity index is 2150. The van der Waals surface area contributed by atoms with E-state index >= 15 is 0 Å². The third-order valence-corrected chi connectivity index (χ3v) is 13.3. The molecular formula is C37H50Cl2N10O10S2. The summed E-state index contributed by atoms with van der Waals surface area (Å²) >= 11 is 15.6. The Hall–Kier alpha value is -3.06. The minimum absolute atomic E-state index is 0.130. The molecule has 4 aromatic rings. The number of aliphatic hydroxyl groups is 2. The summed E-state index contributed by atoms with van der Waals surface area (Å²) in [4.78, 5) is 41.1. The zero-order chi connectivity index (χ0) is 43.3. The Kier molecular flexibility index (Phi) is 15.5. The Morgan fingerprint density at radius 1 is 0.721 bits per heavy atom. The third kappa shape index (κ3) is 10.2. The van der Waals surface area contributed by atoms with Gasteiger partial charge < -0.3 is 38.6 Å². The second kappa shape index (κ2) is 20.6. The quantitative estimate of drug-likeness (QED) is 0.0688. The lowest BCUT2D eigenvalue weighted by molar-refractivity contribution is -0.191. The molecule has 334 valence electrons. The number of carbonyl (C=O) groups excluding carboxylic acids is 2. The van der Waals surface area contributed by atoms with E-state index in [1.807, 2.05) is 6.92 Å². The summed E-state index contributed by atoms with van der Waals surface area (Å²) in [6, 6.07) is -0.857. The minimum Gasteiger partial charge on any atom is -0.464 e. The summed E-state index contributed by atoms with van der Waals surface area (Å²) in [5, 5.41) is 39.0. The second-order valence-electron chi connectivity index (χ2n) is 14.9. The zero-order valence-electron chi connectivity index (χ0n) is 34.2. The first-order valence-electron chi connectivity index (χ1n) is 20.6. The van der Waals surface area contributed by atoms with Crippen molar-refractivity contribution in [3.63, 3.8) is 0 Å². The van der Waals surface area contributed by atoms with Crippen LogP contribution in [0.4, 0.5) is 0 Å². The highest BCUT2D eigenvalue weighted by molar-refractivity contribution is 7.99. The predicted octanol–water partition coefficient (Wildman–Crippen LogP) is 4.32. The average molecular weight is 930 g/mol. The fraction of sp³-hybridized carbons (Fsp3) is 0.730. The number of nitrogens with zero attached hydrogens (tertiary/aromatic N) is 10. The maximum absolute atomic E-state index is 11.9. The van der Waals surface area contributed by atoms with E-state index in [0.29, 0.717) is 45.7 Å². The van der Waals surface area contributed by atoms with Crippen LogP contribution < -0.4 is 0 Å². The molecular weight excluding hydrogens is 880 g/mol. The van der Waals surface area contributed by atoms with Crippen LogP contribution in [-0.4, -0.2) is 152 Å². The van der Waals surface area contributed by atoms with Gasteiger partial charge in [-0.25, -0.2) is 38.9 Å². The van der Waals surface area contributed by atoms with Gasteiger partial charge in [0, 0.05) is 37.2 Å². The highest BCUT2D eigenvalue weighted by atomic mass is 35.5. The van der Waals surface area contributed by atoms with Crippen LogP contribution in [0.25, 0.3) is 22.3 Å². The molecule has 1 spiro atoms. The lowest BCUT2D eigenvalue weighted by Crippen LogP contribution is -2.34. The molecule has 61 heavy (non-hydrogen) atoms. The van der Waals surface area contributed by atoms with Gasteiger partial charge in [-0.1, -0.05) is 71.0 Å². The van der Waals surface area contributed by atoms with Gasteiger partial charge in [0.15, 0.2) is 48.7 Å². The first-order valence-corrected chi connectivity index (χ1v) is 23.3. The van der Waals surface area contributed by atoms with Crippen LogP contribution in [0.15, 0.2) is 10.3 Å². The molecule has 4 aliphatic rings. The molecule has 3 aliphatic carbocycles. The molecule has 0 amide bonds.